The SMILES string of the molecule is CCNC(=NCc1ccccc1OC)N1CCS(=O)(=O)C(C)(C)C1.I. The first-order valence-corrected chi connectivity index (χ1v) is 9.83. The molecule has 6 nitrogen and oxygen atoms in total. The fourth-order valence-corrected chi connectivity index (χ4v) is 4.11. The van der Waals surface area contributed by atoms with Gasteiger partial charge in [0, 0.05) is 25.2 Å². The number of nitrogens with zero attached hydrogens (tertiary/aromatic N) is 2. The first-order chi connectivity index (χ1) is 11.3. The Morgan fingerprint density at radius 2 is 2.04 bits per heavy atom. The van der Waals surface area contributed by atoms with E-state index in [-0.39, 0.29) is 29.7 Å². The Morgan fingerprint density at radius 1 is 1.36 bits per heavy atom. The maximum atomic E-state index is 12.2. The Labute approximate surface area is 168 Å². The van der Waals surface area contributed by atoms with E-state index in [1.807, 2.05) is 36.1 Å². The van der Waals surface area contributed by atoms with Crippen LogP contribution < -0.4 is 10.1 Å². The van der Waals surface area contributed by atoms with Crippen LogP contribution >= 0.6 is 24.0 Å². The van der Waals surface area contributed by atoms with Crippen LogP contribution in [-0.4, -0.2) is 56.5 Å². The fraction of sp³-hybridized carbons (Fsp3) is 0.588. The van der Waals surface area contributed by atoms with Crippen molar-refractivity contribution in [1.29, 1.82) is 0 Å². The van der Waals surface area contributed by atoms with Gasteiger partial charge in [-0.3, -0.25) is 0 Å². The molecule has 0 spiro atoms. The molecule has 0 aromatic heterocycles. The second-order valence-corrected chi connectivity index (χ2v) is 9.23. The van der Waals surface area contributed by atoms with Gasteiger partial charge in [-0.25, -0.2) is 13.4 Å². The van der Waals surface area contributed by atoms with Gasteiger partial charge in [-0.05, 0) is 26.8 Å². The number of sulfone groups is 1. The molecule has 0 aliphatic carbocycles. The Balaban J connectivity index is 0.00000312. The second kappa shape index (κ2) is 9.07. The van der Waals surface area contributed by atoms with E-state index in [0.717, 1.165) is 23.8 Å². The van der Waals surface area contributed by atoms with E-state index in [4.69, 9.17) is 4.74 Å². The highest BCUT2D eigenvalue weighted by Crippen LogP contribution is 2.24. The third-order valence-corrected chi connectivity index (χ3v) is 6.80. The van der Waals surface area contributed by atoms with Crippen LogP contribution in [0.15, 0.2) is 29.3 Å². The van der Waals surface area contributed by atoms with Crippen molar-refractivity contribution in [2.24, 2.45) is 4.99 Å². The molecule has 0 bridgehead atoms. The molecule has 1 aromatic rings. The highest BCUT2D eigenvalue weighted by atomic mass is 127. The summed E-state index contributed by atoms with van der Waals surface area (Å²) < 4.78 is 29.0. The summed E-state index contributed by atoms with van der Waals surface area (Å²) in [5.41, 5.74) is 0.999. The number of para-hydroxylation sites is 1. The Kier molecular flexibility index (Phi) is 7.98. The number of hydrogen-bond acceptors (Lipinski definition) is 4. The highest BCUT2D eigenvalue weighted by Gasteiger charge is 2.40. The molecule has 1 aliphatic heterocycles. The van der Waals surface area contributed by atoms with Crippen molar-refractivity contribution in [2.75, 3.05) is 32.5 Å². The third-order valence-electron chi connectivity index (χ3n) is 4.27. The number of hydrogen-bond donors (Lipinski definition) is 1. The van der Waals surface area contributed by atoms with Gasteiger partial charge in [0.05, 0.1) is 24.2 Å². The Bertz CT molecular complexity index is 705. The second-order valence-electron chi connectivity index (χ2n) is 6.48. The van der Waals surface area contributed by atoms with Crippen LogP contribution in [0.5, 0.6) is 5.75 Å². The molecule has 1 saturated heterocycles. The summed E-state index contributed by atoms with van der Waals surface area (Å²) in [5, 5.41) is 3.27. The first-order valence-electron chi connectivity index (χ1n) is 8.18. The smallest absolute Gasteiger partial charge is 0.194 e. The monoisotopic (exact) mass is 481 g/mol. The third kappa shape index (κ3) is 5.22. The average molecular weight is 481 g/mol. The van der Waals surface area contributed by atoms with Crippen molar-refractivity contribution in [3.8, 4) is 5.75 Å². The first kappa shape index (κ1) is 22.0. The van der Waals surface area contributed by atoms with Crippen molar-refractivity contribution in [3.63, 3.8) is 0 Å². The molecule has 2 rings (SSSR count). The normalized spacial score (nSPS) is 19.0. The molecule has 0 radical (unpaired) electrons. The number of nitrogens with one attached hydrogen (secondary N) is 1. The molecule has 0 amide bonds. The van der Waals surface area contributed by atoms with Gasteiger partial charge in [-0.2, -0.15) is 0 Å². The number of halogens is 1. The predicted molar refractivity (Wildman–Crippen MR) is 113 cm³/mol. The molecule has 0 saturated carbocycles. The van der Waals surface area contributed by atoms with Crippen molar-refractivity contribution in [2.45, 2.75) is 32.1 Å². The van der Waals surface area contributed by atoms with Gasteiger partial charge in [0.25, 0.3) is 0 Å². The lowest BCUT2D eigenvalue weighted by Crippen LogP contribution is -2.57. The molecule has 1 fully saturated rings. The molecule has 1 aromatic carbocycles. The highest BCUT2D eigenvalue weighted by molar-refractivity contribution is 14.0. The minimum atomic E-state index is -3.06. The van der Waals surface area contributed by atoms with Crippen molar-refractivity contribution >= 4 is 39.8 Å². The van der Waals surface area contributed by atoms with Crippen LogP contribution in [0.4, 0.5) is 0 Å². The van der Waals surface area contributed by atoms with Crippen LogP contribution in [0, 0.1) is 0 Å². The summed E-state index contributed by atoms with van der Waals surface area (Å²) in [6, 6.07) is 7.77. The maximum Gasteiger partial charge on any atom is 0.194 e. The summed E-state index contributed by atoms with van der Waals surface area (Å²) in [4.78, 5) is 6.71. The number of aliphatic imine (C=N–C) groups is 1. The zero-order chi connectivity index (χ0) is 17.8. The summed E-state index contributed by atoms with van der Waals surface area (Å²) in [5.74, 6) is 1.70. The van der Waals surface area contributed by atoms with E-state index >= 15 is 0 Å². The predicted octanol–water partition coefficient (Wildman–Crippen LogP) is 2.29. The van der Waals surface area contributed by atoms with Gasteiger partial charge in [0.15, 0.2) is 15.8 Å². The molecule has 1 heterocycles. The molecule has 0 atom stereocenters. The number of methoxy groups -OCH3 is 1. The summed E-state index contributed by atoms with van der Waals surface area (Å²) >= 11 is 0. The van der Waals surface area contributed by atoms with Crippen LogP contribution in [0.1, 0.15) is 26.3 Å². The fourth-order valence-electron chi connectivity index (χ4n) is 2.74. The lowest BCUT2D eigenvalue weighted by molar-refractivity contribution is 0.353. The van der Waals surface area contributed by atoms with E-state index in [0.29, 0.717) is 19.6 Å². The van der Waals surface area contributed by atoms with Crippen molar-refractivity contribution < 1.29 is 13.2 Å². The molecule has 0 unspecified atom stereocenters. The molecule has 142 valence electrons. The van der Waals surface area contributed by atoms with Crippen LogP contribution in [0.3, 0.4) is 0 Å². The van der Waals surface area contributed by atoms with Gasteiger partial charge < -0.3 is 15.0 Å². The van der Waals surface area contributed by atoms with E-state index in [9.17, 15) is 8.42 Å². The maximum absolute atomic E-state index is 12.2. The number of guanidine groups is 1. The average Bonchev–Trinajstić information content (AvgIpc) is 2.54. The van der Waals surface area contributed by atoms with E-state index < -0.39 is 14.6 Å². The quantitative estimate of drug-likeness (QED) is 0.406. The number of benzene rings is 1. The molecule has 8 heteroatoms. The topological polar surface area (TPSA) is 71.0 Å². The molecule has 1 aliphatic rings. The largest absolute Gasteiger partial charge is 0.496 e. The zero-order valence-corrected chi connectivity index (χ0v) is 18.4. The van der Waals surface area contributed by atoms with E-state index in [1.165, 1.54) is 0 Å². The number of rotatable bonds is 4. The van der Waals surface area contributed by atoms with Gasteiger partial charge >= 0.3 is 0 Å². The van der Waals surface area contributed by atoms with E-state index in [1.54, 1.807) is 21.0 Å². The minimum Gasteiger partial charge on any atom is -0.496 e. The van der Waals surface area contributed by atoms with Crippen molar-refractivity contribution in [3.05, 3.63) is 29.8 Å². The Hall–Kier alpha value is -1.03. The standard InChI is InChI=1S/C17H27N3O3S.HI/c1-5-18-16(19-12-14-8-6-7-9-15(14)23-4)20-10-11-24(21,22)17(2,3)13-20;/h6-9H,5,10-13H2,1-4H3,(H,18,19);1H. The molecular weight excluding hydrogens is 453 g/mol. The summed E-state index contributed by atoms with van der Waals surface area (Å²) in [6.45, 7) is 7.67. The van der Waals surface area contributed by atoms with E-state index in [2.05, 4.69) is 10.3 Å². The molecule has 1 N–H and O–H groups in total. The summed E-state index contributed by atoms with van der Waals surface area (Å²) in [7, 11) is -1.42. The van der Waals surface area contributed by atoms with Gasteiger partial charge in [-0.1, -0.05) is 18.2 Å². The van der Waals surface area contributed by atoms with Crippen LogP contribution in [0.25, 0.3) is 0 Å². The van der Waals surface area contributed by atoms with Crippen LogP contribution in [0.2, 0.25) is 0 Å². The van der Waals surface area contributed by atoms with Crippen LogP contribution in [-0.2, 0) is 16.4 Å². The number of ether oxygens (including phenoxy) is 1. The lowest BCUT2D eigenvalue weighted by Gasteiger charge is -2.39. The Morgan fingerprint density at radius 3 is 2.64 bits per heavy atom. The van der Waals surface area contributed by atoms with Gasteiger partial charge in [0.1, 0.15) is 5.75 Å². The zero-order valence-electron chi connectivity index (χ0n) is 15.3. The van der Waals surface area contributed by atoms with Gasteiger partial charge in [-0.15, -0.1) is 24.0 Å². The molecular formula is C17H28IN3O3S. The molecule has 25 heavy (non-hydrogen) atoms. The minimum absolute atomic E-state index is 0. The lowest BCUT2D eigenvalue weighted by atomic mass is 10.2. The van der Waals surface area contributed by atoms with Crippen molar-refractivity contribution in [1.82, 2.24) is 10.2 Å². The van der Waals surface area contributed by atoms with Gasteiger partial charge in [0.2, 0.25) is 0 Å². The summed E-state index contributed by atoms with van der Waals surface area (Å²) in [6.07, 6.45) is 0.